The lowest BCUT2D eigenvalue weighted by Gasteiger charge is -2.41. The van der Waals surface area contributed by atoms with E-state index >= 15 is 0 Å². The molecule has 0 aliphatic carbocycles. The first-order chi connectivity index (χ1) is 23.1. The Morgan fingerprint density at radius 2 is 1.56 bits per heavy atom. The van der Waals surface area contributed by atoms with Crippen molar-refractivity contribution in [3.8, 4) is 11.5 Å². The van der Waals surface area contributed by atoms with Crippen LogP contribution in [-0.2, 0) is 17.9 Å². The lowest BCUT2D eigenvalue weighted by Crippen LogP contribution is -2.56. The van der Waals surface area contributed by atoms with Gasteiger partial charge in [-0.25, -0.2) is 10.4 Å². The number of ether oxygens (including phenoxy) is 1. The summed E-state index contributed by atoms with van der Waals surface area (Å²) in [4.78, 5) is 36.1. The molecule has 1 saturated heterocycles. The van der Waals surface area contributed by atoms with E-state index in [-0.39, 0.29) is 52.2 Å². The minimum absolute atomic E-state index is 0.00821. The number of hydrazine groups is 1. The summed E-state index contributed by atoms with van der Waals surface area (Å²) in [6.07, 6.45) is -6.35. The number of aromatic amines is 1. The van der Waals surface area contributed by atoms with Crippen LogP contribution in [0.2, 0.25) is 0 Å². The van der Waals surface area contributed by atoms with E-state index in [0.29, 0.717) is 38.4 Å². The van der Waals surface area contributed by atoms with Crippen LogP contribution in [0.15, 0.2) is 54.7 Å². The molecule has 15 heteroatoms. The minimum atomic E-state index is -1.74. The number of imide groups is 1. The number of amides is 2. The van der Waals surface area contributed by atoms with Gasteiger partial charge in [0.1, 0.15) is 35.9 Å². The average molecular weight is 656 g/mol. The van der Waals surface area contributed by atoms with Crippen LogP contribution in [-0.4, -0.2) is 98.1 Å². The Kier molecular flexibility index (Phi) is 6.90. The number of pyridine rings is 1. The van der Waals surface area contributed by atoms with Gasteiger partial charge in [0.2, 0.25) is 0 Å². The van der Waals surface area contributed by atoms with Crippen molar-refractivity contribution in [2.24, 2.45) is 0 Å². The lowest BCUT2D eigenvalue weighted by atomic mass is 9.96. The normalized spacial score (nSPS) is 22.9. The van der Waals surface area contributed by atoms with Gasteiger partial charge < -0.3 is 50.0 Å². The van der Waals surface area contributed by atoms with Gasteiger partial charge in [-0.15, -0.1) is 0 Å². The molecule has 2 aliphatic rings. The summed E-state index contributed by atoms with van der Waals surface area (Å²) in [5.41, 5.74) is 5.31. The highest BCUT2D eigenvalue weighted by atomic mass is 16.6. The topological polar surface area (TPSA) is 234 Å². The first-order valence-electron chi connectivity index (χ1n) is 15.1. The Morgan fingerprint density at radius 3 is 2.25 bits per heavy atom. The minimum Gasteiger partial charge on any atom is -0.508 e. The van der Waals surface area contributed by atoms with Gasteiger partial charge in [0.05, 0.1) is 58.6 Å². The number of aliphatic hydroxyl groups is 5. The smallest absolute Gasteiger partial charge is 0.276 e. The predicted molar refractivity (Wildman–Crippen MR) is 169 cm³/mol. The summed E-state index contributed by atoms with van der Waals surface area (Å²) in [5.74, 6) is -1.58. The standard InChI is InChI=1S/C33H29N5O10/c39-11-13-1-2-14(34-9-13)10-35-38-31(46)24-22-17-5-3-15(41)7-19(17)36-26(22)27-23(25(24)32(38)47)18-6-4-16(42)8-20(18)37(27)33-30(45)29(44)28(43)21(12-40)48-33/h1-9,21,28-30,33,35-36,39-45H,10-12H2/t21-,28-,29+,30-,33-/m1/s1. The van der Waals surface area contributed by atoms with Crippen LogP contribution >= 0.6 is 0 Å². The van der Waals surface area contributed by atoms with Gasteiger partial charge in [0.15, 0.2) is 6.23 Å². The number of H-pyrrole nitrogens is 1. The molecule has 0 unspecified atom stereocenters. The summed E-state index contributed by atoms with van der Waals surface area (Å²) in [6.45, 7) is -0.890. The summed E-state index contributed by atoms with van der Waals surface area (Å²) in [5, 5.41) is 75.1. The van der Waals surface area contributed by atoms with Crippen LogP contribution in [0.5, 0.6) is 11.5 Å². The van der Waals surface area contributed by atoms with Gasteiger partial charge in [-0.3, -0.25) is 14.6 Å². The quantitative estimate of drug-likeness (QED) is 0.114. The summed E-state index contributed by atoms with van der Waals surface area (Å²) < 4.78 is 7.45. The monoisotopic (exact) mass is 655 g/mol. The van der Waals surface area contributed by atoms with E-state index in [0.717, 1.165) is 5.01 Å². The third kappa shape index (κ3) is 4.23. The van der Waals surface area contributed by atoms with Crippen LogP contribution < -0.4 is 5.43 Å². The van der Waals surface area contributed by atoms with E-state index in [4.69, 9.17) is 4.74 Å². The maximum absolute atomic E-state index is 14.3. The van der Waals surface area contributed by atoms with Crippen LogP contribution in [0, 0.1) is 0 Å². The number of phenols is 2. The molecule has 8 rings (SSSR count). The van der Waals surface area contributed by atoms with Gasteiger partial charge in [-0.1, -0.05) is 6.07 Å². The largest absolute Gasteiger partial charge is 0.508 e. The molecule has 0 radical (unpaired) electrons. The highest BCUT2D eigenvalue weighted by Crippen LogP contribution is 2.47. The van der Waals surface area contributed by atoms with Crippen molar-refractivity contribution in [1.29, 1.82) is 0 Å². The van der Waals surface area contributed by atoms with Gasteiger partial charge in [-0.2, -0.15) is 0 Å². The number of hydrogen-bond acceptors (Lipinski definition) is 12. The van der Waals surface area contributed by atoms with Crippen LogP contribution in [0.25, 0.3) is 43.6 Å². The fraction of sp³-hybridized carbons (Fsp3) is 0.242. The Morgan fingerprint density at radius 1 is 0.854 bits per heavy atom. The molecule has 5 heterocycles. The summed E-state index contributed by atoms with van der Waals surface area (Å²) in [7, 11) is 0. The molecule has 6 aromatic rings. The highest BCUT2D eigenvalue weighted by molar-refractivity contribution is 6.39. The number of nitrogens with one attached hydrogen (secondary N) is 2. The predicted octanol–water partition coefficient (Wildman–Crippen LogP) is 1.00. The molecule has 5 atom stereocenters. The van der Waals surface area contributed by atoms with E-state index in [1.807, 2.05) is 0 Å². The average Bonchev–Trinajstić information content (AvgIpc) is 3.69. The van der Waals surface area contributed by atoms with Crippen LogP contribution in [0.1, 0.15) is 38.2 Å². The lowest BCUT2D eigenvalue weighted by molar-refractivity contribution is -0.249. The van der Waals surface area contributed by atoms with Crippen molar-refractivity contribution in [3.05, 3.63) is 77.1 Å². The molecule has 2 aliphatic heterocycles. The van der Waals surface area contributed by atoms with Gasteiger partial charge in [0, 0.05) is 39.9 Å². The van der Waals surface area contributed by atoms with Gasteiger partial charge in [-0.05, 0) is 35.9 Å². The van der Waals surface area contributed by atoms with Crippen LogP contribution in [0.3, 0.4) is 0 Å². The van der Waals surface area contributed by atoms with Crippen molar-refractivity contribution in [3.63, 3.8) is 0 Å². The number of aromatic hydroxyl groups is 2. The SMILES string of the molecule is O=C1c2c(c3c4ccc(O)cc4n([C@@H]4O[C@H](CO)[C@@H](O)[C@H](O)[C@H]4O)c3c3[nH]c4cc(O)ccc4c23)C(=O)N1NCc1ccc(CO)cn1. The van der Waals surface area contributed by atoms with Crippen molar-refractivity contribution < 1.29 is 50.1 Å². The molecule has 1 fully saturated rings. The maximum Gasteiger partial charge on any atom is 0.276 e. The number of phenolic OH excluding ortho intramolecular Hbond substituents is 2. The zero-order valence-corrected chi connectivity index (χ0v) is 24.9. The van der Waals surface area contributed by atoms with Gasteiger partial charge in [0.25, 0.3) is 11.8 Å². The fourth-order valence-corrected chi connectivity index (χ4v) is 6.93. The van der Waals surface area contributed by atoms with E-state index < -0.39 is 49.1 Å². The number of hydrogen-bond donors (Lipinski definition) is 9. The molecule has 2 amide bonds. The Bertz CT molecular complexity index is 2300. The van der Waals surface area contributed by atoms with E-state index in [9.17, 15) is 45.3 Å². The number of aliphatic hydroxyl groups excluding tert-OH is 5. The van der Waals surface area contributed by atoms with Crippen molar-refractivity contribution in [1.82, 2.24) is 25.0 Å². The molecule has 246 valence electrons. The maximum atomic E-state index is 14.3. The number of nitrogens with zero attached hydrogens (tertiary/aromatic N) is 3. The first kappa shape index (κ1) is 30.2. The van der Waals surface area contributed by atoms with Crippen LogP contribution in [0.4, 0.5) is 0 Å². The number of aromatic nitrogens is 3. The van der Waals surface area contributed by atoms with E-state index in [1.54, 1.807) is 24.3 Å². The van der Waals surface area contributed by atoms with E-state index in [2.05, 4.69) is 15.4 Å². The third-order valence-corrected chi connectivity index (χ3v) is 9.20. The summed E-state index contributed by atoms with van der Waals surface area (Å²) in [6, 6.07) is 12.2. The molecule has 3 aromatic carbocycles. The van der Waals surface area contributed by atoms with E-state index in [1.165, 1.54) is 35.0 Å². The Hall–Kier alpha value is -5.13. The van der Waals surface area contributed by atoms with Crippen molar-refractivity contribution in [2.75, 3.05) is 6.61 Å². The Balaban J connectivity index is 1.42. The number of carbonyl (C=O) groups is 2. The fourth-order valence-electron chi connectivity index (χ4n) is 6.93. The first-order valence-corrected chi connectivity index (χ1v) is 15.1. The second-order valence-corrected chi connectivity index (χ2v) is 12.0. The second kappa shape index (κ2) is 11.0. The molecule has 0 bridgehead atoms. The molecule has 15 nitrogen and oxygen atoms in total. The molecule has 48 heavy (non-hydrogen) atoms. The molecular formula is C33H29N5O10. The molecular weight excluding hydrogens is 626 g/mol. The molecule has 0 saturated carbocycles. The number of rotatable bonds is 6. The number of fused-ring (bicyclic) bond motifs is 10. The highest BCUT2D eigenvalue weighted by Gasteiger charge is 2.47. The Labute approximate surface area is 269 Å². The molecule has 3 aromatic heterocycles. The number of benzene rings is 3. The summed E-state index contributed by atoms with van der Waals surface area (Å²) >= 11 is 0. The zero-order valence-electron chi connectivity index (χ0n) is 24.9. The van der Waals surface area contributed by atoms with Gasteiger partial charge >= 0.3 is 0 Å². The zero-order chi connectivity index (χ0) is 33.6. The molecule has 9 N–H and O–H groups in total. The van der Waals surface area contributed by atoms with Crippen molar-refractivity contribution in [2.45, 2.75) is 43.8 Å². The second-order valence-electron chi connectivity index (χ2n) is 12.0. The third-order valence-electron chi connectivity index (χ3n) is 9.20. The van der Waals surface area contributed by atoms with Crippen molar-refractivity contribution >= 4 is 55.4 Å². The molecule has 0 spiro atoms. The number of carbonyl (C=O) groups excluding carboxylic acids is 2.